The molecule has 0 aliphatic rings. The Morgan fingerprint density at radius 1 is 0.857 bits per heavy atom. The van der Waals surface area contributed by atoms with E-state index in [-0.39, 0.29) is 18.3 Å². The molecule has 0 atom stereocenters. The molecule has 0 heterocycles. The van der Waals surface area contributed by atoms with Crippen molar-refractivity contribution in [1.29, 1.82) is 0 Å². The average Bonchev–Trinajstić information content (AvgIpc) is 2.72. The van der Waals surface area contributed by atoms with Crippen LogP contribution >= 0.6 is 0 Å². The average molecular weight is 379 g/mol. The highest BCUT2D eigenvalue weighted by molar-refractivity contribution is 5.77. The molecule has 0 unspecified atom stereocenters. The molecular formula is C23H22FNO3. The van der Waals surface area contributed by atoms with Gasteiger partial charge < -0.3 is 14.4 Å². The molecule has 0 aliphatic carbocycles. The van der Waals surface area contributed by atoms with Crippen molar-refractivity contribution in [2.75, 3.05) is 13.7 Å². The molecule has 3 aromatic carbocycles. The highest BCUT2D eigenvalue weighted by Gasteiger charge is 2.11. The number of hydrogen-bond donors (Lipinski definition) is 0. The molecule has 0 bridgehead atoms. The Labute approximate surface area is 164 Å². The van der Waals surface area contributed by atoms with Crippen molar-refractivity contribution in [2.45, 2.75) is 13.2 Å². The summed E-state index contributed by atoms with van der Waals surface area (Å²) in [5, 5.41) is 0. The Morgan fingerprint density at radius 2 is 1.50 bits per heavy atom. The molecule has 0 radical (unpaired) electrons. The highest BCUT2D eigenvalue weighted by Crippen LogP contribution is 2.19. The van der Waals surface area contributed by atoms with Gasteiger partial charge in [-0.3, -0.25) is 4.79 Å². The number of ether oxygens (including phenoxy) is 2. The molecule has 0 aromatic heterocycles. The van der Waals surface area contributed by atoms with E-state index in [1.54, 1.807) is 43.4 Å². The first-order chi connectivity index (χ1) is 13.6. The predicted octanol–water partition coefficient (Wildman–Crippen LogP) is 4.44. The SMILES string of the molecule is CN(Cc1cccc(F)c1)C(=O)COc1ccc(OCc2ccccc2)cc1. The van der Waals surface area contributed by atoms with Crippen LogP contribution in [0.4, 0.5) is 4.39 Å². The van der Waals surface area contributed by atoms with Crippen molar-refractivity contribution in [1.82, 2.24) is 4.90 Å². The number of hydrogen-bond acceptors (Lipinski definition) is 3. The number of halogens is 1. The summed E-state index contributed by atoms with van der Waals surface area (Å²) < 4.78 is 24.5. The lowest BCUT2D eigenvalue weighted by Crippen LogP contribution is -2.30. The maximum absolute atomic E-state index is 13.2. The topological polar surface area (TPSA) is 38.8 Å². The van der Waals surface area contributed by atoms with E-state index in [4.69, 9.17) is 9.47 Å². The van der Waals surface area contributed by atoms with Gasteiger partial charge in [-0.1, -0.05) is 42.5 Å². The number of amides is 1. The largest absolute Gasteiger partial charge is 0.489 e. The minimum atomic E-state index is -0.316. The van der Waals surface area contributed by atoms with E-state index in [0.717, 1.165) is 16.9 Å². The normalized spacial score (nSPS) is 10.4. The summed E-state index contributed by atoms with van der Waals surface area (Å²) >= 11 is 0. The maximum Gasteiger partial charge on any atom is 0.260 e. The van der Waals surface area contributed by atoms with Crippen molar-refractivity contribution in [2.24, 2.45) is 0 Å². The highest BCUT2D eigenvalue weighted by atomic mass is 19.1. The summed E-state index contributed by atoms with van der Waals surface area (Å²) in [4.78, 5) is 13.7. The Morgan fingerprint density at radius 3 is 2.18 bits per heavy atom. The van der Waals surface area contributed by atoms with Crippen molar-refractivity contribution in [3.05, 3.63) is 95.8 Å². The molecule has 4 nitrogen and oxygen atoms in total. The van der Waals surface area contributed by atoms with E-state index in [9.17, 15) is 9.18 Å². The Hall–Kier alpha value is -3.34. The zero-order chi connectivity index (χ0) is 19.8. The predicted molar refractivity (Wildman–Crippen MR) is 106 cm³/mol. The molecule has 0 fully saturated rings. The van der Waals surface area contributed by atoms with Crippen LogP contribution in [0, 0.1) is 5.82 Å². The van der Waals surface area contributed by atoms with Gasteiger partial charge in [0, 0.05) is 13.6 Å². The minimum Gasteiger partial charge on any atom is -0.489 e. The second kappa shape index (κ2) is 9.55. The number of nitrogens with zero attached hydrogens (tertiary/aromatic N) is 1. The summed E-state index contributed by atoms with van der Waals surface area (Å²) in [5.41, 5.74) is 1.82. The summed E-state index contributed by atoms with van der Waals surface area (Å²) in [6.45, 7) is 0.729. The first-order valence-corrected chi connectivity index (χ1v) is 8.98. The van der Waals surface area contributed by atoms with Crippen LogP contribution in [0.1, 0.15) is 11.1 Å². The van der Waals surface area contributed by atoms with Gasteiger partial charge in [0.05, 0.1) is 0 Å². The molecule has 144 valence electrons. The van der Waals surface area contributed by atoms with Gasteiger partial charge in [0.25, 0.3) is 5.91 Å². The summed E-state index contributed by atoms with van der Waals surface area (Å²) in [7, 11) is 1.66. The smallest absolute Gasteiger partial charge is 0.260 e. The van der Waals surface area contributed by atoms with Gasteiger partial charge in [0.1, 0.15) is 23.9 Å². The lowest BCUT2D eigenvalue weighted by atomic mass is 10.2. The van der Waals surface area contributed by atoms with Crippen molar-refractivity contribution < 1.29 is 18.7 Å². The van der Waals surface area contributed by atoms with E-state index in [2.05, 4.69) is 0 Å². The molecule has 28 heavy (non-hydrogen) atoms. The van der Waals surface area contributed by atoms with Gasteiger partial charge in [-0.25, -0.2) is 4.39 Å². The number of carbonyl (C=O) groups is 1. The fourth-order valence-electron chi connectivity index (χ4n) is 2.63. The van der Waals surface area contributed by atoms with Crippen LogP contribution in [-0.2, 0) is 17.9 Å². The zero-order valence-corrected chi connectivity index (χ0v) is 15.7. The van der Waals surface area contributed by atoms with Crippen LogP contribution in [-0.4, -0.2) is 24.5 Å². The molecule has 3 rings (SSSR count). The van der Waals surface area contributed by atoms with Crippen LogP contribution in [0.3, 0.4) is 0 Å². The molecule has 0 saturated carbocycles. The van der Waals surface area contributed by atoms with E-state index in [1.807, 2.05) is 30.3 Å². The zero-order valence-electron chi connectivity index (χ0n) is 15.7. The van der Waals surface area contributed by atoms with Gasteiger partial charge in [0.15, 0.2) is 6.61 Å². The number of carbonyl (C=O) groups excluding carboxylic acids is 1. The molecule has 0 saturated heterocycles. The molecule has 0 N–H and O–H groups in total. The van der Waals surface area contributed by atoms with Gasteiger partial charge in [-0.15, -0.1) is 0 Å². The molecule has 3 aromatic rings. The number of likely N-dealkylation sites (N-methyl/N-ethyl adjacent to an activating group) is 1. The van der Waals surface area contributed by atoms with Gasteiger partial charge in [-0.05, 0) is 47.5 Å². The van der Waals surface area contributed by atoms with Crippen LogP contribution in [0.2, 0.25) is 0 Å². The summed E-state index contributed by atoms with van der Waals surface area (Å²) in [5.74, 6) is 0.808. The van der Waals surface area contributed by atoms with Crippen molar-refractivity contribution in [3.63, 3.8) is 0 Å². The van der Waals surface area contributed by atoms with E-state index in [0.29, 0.717) is 18.9 Å². The second-order valence-electron chi connectivity index (χ2n) is 6.41. The molecule has 0 spiro atoms. The van der Waals surface area contributed by atoms with Gasteiger partial charge in [-0.2, -0.15) is 0 Å². The standard InChI is InChI=1S/C23H22FNO3/c1-25(15-19-8-5-9-20(24)14-19)23(26)17-28-22-12-10-21(11-13-22)27-16-18-6-3-2-4-7-18/h2-14H,15-17H2,1H3. The molecule has 0 aliphatic heterocycles. The van der Waals surface area contributed by atoms with Crippen LogP contribution in [0.25, 0.3) is 0 Å². The monoisotopic (exact) mass is 379 g/mol. The second-order valence-corrected chi connectivity index (χ2v) is 6.41. The van der Waals surface area contributed by atoms with Crippen LogP contribution in [0.15, 0.2) is 78.9 Å². The van der Waals surface area contributed by atoms with Gasteiger partial charge in [0.2, 0.25) is 0 Å². The molecular weight excluding hydrogens is 357 g/mol. The number of benzene rings is 3. The third-order valence-corrected chi connectivity index (χ3v) is 4.17. The molecule has 1 amide bonds. The molecule has 5 heteroatoms. The Bertz CT molecular complexity index is 897. The fourth-order valence-corrected chi connectivity index (χ4v) is 2.63. The Balaban J connectivity index is 1.45. The summed E-state index contributed by atoms with van der Waals surface area (Å²) in [6, 6.07) is 23.2. The maximum atomic E-state index is 13.2. The lowest BCUT2D eigenvalue weighted by molar-refractivity contribution is -0.132. The Kier molecular flexibility index (Phi) is 6.63. The fraction of sp³-hybridized carbons (Fsp3) is 0.174. The lowest BCUT2D eigenvalue weighted by Gasteiger charge is -2.17. The third kappa shape index (κ3) is 5.84. The number of rotatable bonds is 8. The van der Waals surface area contributed by atoms with Crippen LogP contribution in [0.5, 0.6) is 11.5 Å². The third-order valence-electron chi connectivity index (χ3n) is 4.17. The van der Waals surface area contributed by atoms with Crippen molar-refractivity contribution >= 4 is 5.91 Å². The van der Waals surface area contributed by atoms with E-state index < -0.39 is 0 Å². The van der Waals surface area contributed by atoms with Gasteiger partial charge >= 0.3 is 0 Å². The summed E-state index contributed by atoms with van der Waals surface area (Å²) in [6.07, 6.45) is 0. The minimum absolute atomic E-state index is 0.0873. The first kappa shape index (κ1) is 19.4. The quantitative estimate of drug-likeness (QED) is 0.581. The van der Waals surface area contributed by atoms with Crippen LogP contribution < -0.4 is 9.47 Å². The first-order valence-electron chi connectivity index (χ1n) is 8.98. The van der Waals surface area contributed by atoms with E-state index >= 15 is 0 Å². The van der Waals surface area contributed by atoms with Crippen molar-refractivity contribution in [3.8, 4) is 11.5 Å². The van der Waals surface area contributed by atoms with E-state index in [1.165, 1.54) is 17.0 Å².